The van der Waals surface area contributed by atoms with Crippen LogP contribution < -0.4 is 0 Å². The fraction of sp³-hybridized carbons (Fsp3) is 0.684. The number of amides is 2. The molecule has 1 fully saturated rings. The SMILES string of the molecule is COCC(=O)N(CC(=O)N(Cc1ccco1)CC1CCCO1)C(C)(C)C. The first-order valence-corrected chi connectivity index (χ1v) is 9.02. The van der Waals surface area contributed by atoms with E-state index >= 15 is 0 Å². The van der Waals surface area contributed by atoms with Crippen LogP contribution in [0.5, 0.6) is 0 Å². The molecule has 1 aliphatic rings. The number of ether oxygens (including phenoxy) is 2. The van der Waals surface area contributed by atoms with Crippen molar-refractivity contribution in [1.82, 2.24) is 9.80 Å². The first kappa shape index (κ1) is 20.5. The lowest BCUT2D eigenvalue weighted by molar-refractivity contribution is -0.148. The third kappa shape index (κ3) is 5.85. The molecule has 7 nitrogen and oxygen atoms in total. The molecule has 2 amide bonds. The van der Waals surface area contributed by atoms with Gasteiger partial charge in [-0.3, -0.25) is 9.59 Å². The summed E-state index contributed by atoms with van der Waals surface area (Å²) in [5.74, 6) is 0.376. The maximum Gasteiger partial charge on any atom is 0.249 e. The normalized spacial score (nSPS) is 17.3. The second-order valence-electron chi connectivity index (χ2n) is 7.57. The zero-order chi connectivity index (χ0) is 19.2. The lowest BCUT2D eigenvalue weighted by Gasteiger charge is -2.36. The smallest absolute Gasteiger partial charge is 0.249 e. The number of carbonyl (C=O) groups is 2. The van der Waals surface area contributed by atoms with Crippen LogP contribution in [-0.4, -0.2) is 66.7 Å². The van der Waals surface area contributed by atoms with Crippen molar-refractivity contribution in [1.29, 1.82) is 0 Å². The summed E-state index contributed by atoms with van der Waals surface area (Å²) in [7, 11) is 1.47. The molecular formula is C19H30N2O5. The van der Waals surface area contributed by atoms with Gasteiger partial charge < -0.3 is 23.7 Å². The molecule has 1 aromatic rings. The van der Waals surface area contributed by atoms with Crippen LogP contribution in [0.15, 0.2) is 22.8 Å². The predicted molar refractivity (Wildman–Crippen MR) is 96.4 cm³/mol. The van der Waals surface area contributed by atoms with Crippen molar-refractivity contribution in [3.8, 4) is 0 Å². The number of furan rings is 1. The van der Waals surface area contributed by atoms with Gasteiger partial charge >= 0.3 is 0 Å². The van der Waals surface area contributed by atoms with E-state index in [0.717, 1.165) is 19.4 Å². The van der Waals surface area contributed by atoms with Crippen molar-refractivity contribution in [3.63, 3.8) is 0 Å². The van der Waals surface area contributed by atoms with Gasteiger partial charge in [-0.25, -0.2) is 0 Å². The van der Waals surface area contributed by atoms with E-state index in [1.807, 2.05) is 26.8 Å². The molecule has 1 saturated heterocycles. The topological polar surface area (TPSA) is 72.2 Å². The van der Waals surface area contributed by atoms with Crippen LogP contribution in [0, 0.1) is 0 Å². The highest BCUT2D eigenvalue weighted by molar-refractivity contribution is 5.86. The van der Waals surface area contributed by atoms with Gasteiger partial charge in [0.05, 0.1) is 18.9 Å². The third-order valence-corrected chi connectivity index (χ3v) is 4.40. The van der Waals surface area contributed by atoms with E-state index in [2.05, 4.69) is 0 Å². The second kappa shape index (κ2) is 9.19. The average Bonchev–Trinajstić information content (AvgIpc) is 3.24. The summed E-state index contributed by atoms with van der Waals surface area (Å²) in [5.41, 5.74) is -0.481. The molecule has 0 spiro atoms. The molecular weight excluding hydrogens is 336 g/mol. The highest BCUT2D eigenvalue weighted by Crippen LogP contribution is 2.18. The molecule has 1 aromatic heterocycles. The third-order valence-electron chi connectivity index (χ3n) is 4.40. The molecule has 0 bridgehead atoms. The lowest BCUT2D eigenvalue weighted by atomic mass is 10.1. The van der Waals surface area contributed by atoms with Crippen molar-refractivity contribution in [2.75, 3.05) is 33.4 Å². The van der Waals surface area contributed by atoms with Gasteiger partial charge in [-0.15, -0.1) is 0 Å². The van der Waals surface area contributed by atoms with Gasteiger partial charge in [0.15, 0.2) is 0 Å². The van der Waals surface area contributed by atoms with Crippen molar-refractivity contribution in [2.24, 2.45) is 0 Å². The Morgan fingerprint density at radius 2 is 2.08 bits per heavy atom. The van der Waals surface area contributed by atoms with Crippen LogP contribution in [-0.2, 0) is 25.6 Å². The maximum absolute atomic E-state index is 13.0. The second-order valence-corrected chi connectivity index (χ2v) is 7.57. The molecule has 2 heterocycles. The summed E-state index contributed by atoms with van der Waals surface area (Å²) in [6.45, 7) is 7.26. The van der Waals surface area contributed by atoms with E-state index in [0.29, 0.717) is 18.8 Å². The first-order chi connectivity index (χ1) is 12.3. The van der Waals surface area contributed by atoms with Gasteiger partial charge in [0.25, 0.3) is 0 Å². The number of methoxy groups -OCH3 is 1. The molecule has 0 radical (unpaired) electrons. The van der Waals surface area contributed by atoms with E-state index in [4.69, 9.17) is 13.9 Å². The zero-order valence-corrected chi connectivity index (χ0v) is 16.2. The van der Waals surface area contributed by atoms with E-state index in [1.165, 1.54) is 7.11 Å². The first-order valence-electron chi connectivity index (χ1n) is 9.02. The van der Waals surface area contributed by atoms with Crippen molar-refractivity contribution >= 4 is 11.8 Å². The van der Waals surface area contributed by atoms with Gasteiger partial charge in [0.1, 0.15) is 18.9 Å². The number of hydrogen-bond donors (Lipinski definition) is 0. The monoisotopic (exact) mass is 366 g/mol. The standard InChI is InChI=1S/C19H30N2O5/c1-19(2,3)21(18(23)14-24-4)13-17(22)20(11-15-7-5-9-25-15)12-16-8-6-10-26-16/h5,7,9,16H,6,8,10-14H2,1-4H3. The number of carbonyl (C=O) groups excluding carboxylic acids is 2. The minimum absolute atomic E-state index is 0.000871. The molecule has 1 atom stereocenters. The van der Waals surface area contributed by atoms with Gasteiger partial charge in [0.2, 0.25) is 11.8 Å². The van der Waals surface area contributed by atoms with E-state index in [9.17, 15) is 9.59 Å². The summed E-state index contributed by atoms with van der Waals surface area (Å²) in [4.78, 5) is 28.7. The Morgan fingerprint density at radius 3 is 2.62 bits per heavy atom. The quantitative estimate of drug-likeness (QED) is 0.704. The number of rotatable bonds is 8. The minimum atomic E-state index is -0.481. The summed E-state index contributed by atoms with van der Waals surface area (Å²) < 4.78 is 16.1. The molecule has 0 saturated carbocycles. The Balaban J connectivity index is 2.10. The molecule has 2 rings (SSSR count). The summed E-state index contributed by atoms with van der Waals surface area (Å²) in [6, 6.07) is 3.64. The van der Waals surface area contributed by atoms with E-state index in [-0.39, 0.29) is 31.1 Å². The molecule has 0 aliphatic carbocycles. The maximum atomic E-state index is 13.0. The van der Waals surface area contributed by atoms with Crippen molar-refractivity contribution < 1.29 is 23.5 Å². The molecule has 0 aromatic carbocycles. The summed E-state index contributed by atoms with van der Waals surface area (Å²) in [5, 5.41) is 0. The predicted octanol–water partition coefficient (Wildman–Crippen LogP) is 2.06. The Labute approximate surface area is 155 Å². The summed E-state index contributed by atoms with van der Waals surface area (Å²) >= 11 is 0. The summed E-state index contributed by atoms with van der Waals surface area (Å²) in [6.07, 6.45) is 3.57. The van der Waals surface area contributed by atoms with Crippen LogP contribution in [0.25, 0.3) is 0 Å². The number of hydrogen-bond acceptors (Lipinski definition) is 5. The Bertz CT molecular complexity index is 573. The highest BCUT2D eigenvalue weighted by Gasteiger charge is 2.31. The average molecular weight is 366 g/mol. The Hall–Kier alpha value is -1.86. The molecule has 7 heteroatoms. The van der Waals surface area contributed by atoms with E-state index < -0.39 is 5.54 Å². The van der Waals surface area contributed by atoms with Crippen LogP contribution in [0.3, 0.4) is 0 Å². The van der Waals surface area contributed by atoms with Crippen LogP contribution in [0.4, 0.5) is 0 Å². The minimum Gasteiger partial charge on any atom is -0.467 e. The molecule has 0 N–H and O–H groups in total. The lowest BCUT2D eigenvalue weighted by Crippen LogP contribution is -2.52. The highest BCUT2D eigenvalue weighted by atomic mass is 16.5. The fourth-order valence-electron chi connectivity index (χ4n) is 3.02. The van der Waals surface area contributed by atoms with Crippen molar-refractivity contribution in [2.45, 2.75) is 51.8 Å². The molecule has 1 aliphatic heterocycles. The Morgan fingerprint density at radius 1 is 1.31 bits per heavy atom. The van der Waals surface area contributed by atoms with Gasteiger partial charge in [0, 0.05) is 25.8 Å². The number of nitrogens with zero attached hydrogens (tertiary/aromatic N) is 2. The Kier molecular flexibility index (Phi) is 7.23. The molecule has 1 unspecified atom stereocenters. The molecule has 146 valence electrons. The largest absolute Gasteiger partial charge is 0.467 e. The van der Waals surface area contributed by atoms with Crippen LogP contribution in [0.2, 0.25) is 0 Å². The van der Waals surface area contributed by atoms with Crippen LogP contribution >= 0.6 is 0 Å². The van der Waals surface area contributed by atoms with Gasteiger partial charge in [-0.1, -0.05) is 0 Å². The van der Waals surface area contributed by atoms with Crippen LogP contribution in [0.1, 0.15) is 39.4 Å². The van der Waals surface area contributed by atoms with E-state index in [1.54, 1.807) is 22.1 Å². The zero-order valence-electron chi connectivity index (χ0n) is 16.2. The van der Waals surface area contributed by atoms with Crippen molar-refractivity contribution in [3.05, 3.63) is 24.2 Å². The van der Waals surface area contributed by atoms with Gasteiger partial charge in [-0.05, 0) is 45.7 Å². The molecule has 26 heavy (non-hydrogen) atoms. The van der Waals surface area contributed by atoms with Gasteiger partial charge in [-0.2, -0.15) is 0 Å². The fourth-order valence-corrected chi connectivity index (χ4v) is 3.02.